The first-order valence-corrected chi connectivity index (χ1v) is 8.04. The van der Waals surface area contributed by atoms with Gasteiger partial charge in [-0.1, -0.05) is 33.1 Å². The third-order valence-corrected chi connectivity index (χ3v) is 5.77. The maximum atomic E-state index is 11.9. The SMILES string of the molecule is CC(C)C(Cl)CNS(=O)(=O)C1CCCCC1. The van der Waals surface area contributed by atoms with Gasteiger partial charge in [0.25, 0.3) is 0 Å². The summed E-state index contributed by atoms with van der Waals surface area (Å²) in [5.41, 5.74) is 0. The maximum Gasteiger partial charge on any atom is 0.214 e. The van der Waals surface area contributed by atoms with Crippen molar-refractivity contribution in [2.75, 3.05) is 6.54 Å². The van der Waals surface area contributed by atoms with Crippen molar-refractivity contribution in [3.8, 4) is 0 Å². The lowest BCUT2D eigenvalue weighted by atomic mass is 10.0. The van der Waals surface area contributed by atoms with E-state index < -0.39 is 10.0 Å². The Morgan fingerprint density at radius 1 is 1.25 bits per heavy atom. The van der Waals surface area contributed by atoms with Crippen LogP contribution in [-0.2, 0) is 10.0 Å². The van der Waals surface area contributed by atoms with Crippen LogP contribution in [0, 0.1) is 5.92 Å². The fraction of sp³-hybridized carbons (Fsp3) is 1.00. The van der Waals surface area contributed by atoms with Crippen LogP contribution in [-0.4, -0.2) is 25.6 Å². The number of halogens is 1. The van der Waals surface area contributed by atoms with E-state index in [-0.39, 0.29) is 16.5 Å². The molecule has 0 heterocycles. The molecular weight excluding hydrogens is 246 g/mol. The van der Waals surface area contributed by atoms with Crippen molar-refractivity contribution in [2.45, 2.75) is 56.6 Å². The largest absolute Gasteiger partial charge is 0.214 e. The predicted octanol–water partition coefficient (Wildman–Crippen LogP) is 2.50. The van der Waals surface area contributed by atoms with E-state index in [1.807, 2.05) is 13.8 Å². The second-order valence-electron chi connectivity index (χ2n) is 4.91. The molecular formula is C11H22ClNO2S. The van der Waals surface area contributed by atoms with Gasteiger partial charge in [-0.2, -0.15) is 0 Å². The number of rotatable bonds is 5. The molecule has 3 nitrogen and oxygen atoms in total. The van der Waals surface area contributed by atoms with Crippen LogP contribution in [0.5, 0.6) is 0 Å². The fourth-order valence-corrected chi connectivity index (χ4v) is 3.69. The molecule has 1 unspecified atom stereocenters. The summed E-state index contributed by atoms with van der Waals surface area (Å²) in [5, 5.41) is -0.323. The Balaban J connectivity index is 2.44. The molecule has 1 atom stereocenters. The van der Waals surface area contributed by atoms with Crippen LogP contribution in [0.3, 0.4) is 0 Å². The van der Waals surface area contributed by atoms with Crippen LogP contribution >= 0.6 is 11.6 Å². The zero-order chi connectivity index (χ0) is 12.2. The molecule has 0 aliphatic heterocycles. The lowest BCUT2D eigenvalue weighted by Crippen LogP contribution is -2.39. The molecule has 0 aromatic carbocycles. The molecule has 1 aliphatic rings. The topological polar surface area (TPSA) is 46.2 Å². The molecule has 0 saturated heterocycles. The quantitative estimate of drug-likeness (QED) is 0.778. The smallest absolute Gasteiger partial charge is 0.214 e. The average molecular weight is 268 g/mol. The standard InChI is InChI=1S/C11H22ClNO2S/c1-9(2)11(12)8-13-16(14,15)10-6-4-3-5-7-10/h9-11,13H,3-8H2,1-2H3. The summed E-state index contributed by atoms with van der Waals surface area (Å²) < 4.78 is 26.5. The summed E-state index contributed by atoms with van der Waals surface area (Å²) in [6, 6.07) is 0. The van der Waals surface area contributed by atoms with E-state index in [0.717, 1.165) is 32.1 Å². The summed E-state index contributed by atoms with van der Waals surface area (Å²) >= 11 is 6.03. The van der Waals surface area contributed by atoms with E-state index >= 15 is 0 Å². The molecule has 0 aromatic heterocycles. The molecule has 1 fully saturated rings. The van der Waals surface area contributed by atoms with E-state index in [1.165, 1.54) is 0 Å². The maximum absolute atomic E-state index is 11.9. The molecule has 1 rings (SSSR count). The highest BCUT2D eigenvalue weighted by molar-refractivity contribution is 7.90. The monoisotopic (exact) mass is 267 g/mol. The third kappa shape index (κ3) is 4.22. The van der Waals surface area contributed by atoms with Crippen molar-refractivity contribution in [3.05, 3.63) is 0 Å². The van der Waals surface area contributed by atoms with Gasteiger partial charge in [0.05, 0.1) is 5.25 Å². The molecule has 96 valence electrons. The number of sulfonamides is 1. The highest BCUT2D eigenvalue weighted by atomic mass is 35.5. The molecule has 0 bridgehead atoms. The van der Waals surface area contributed by atoms with Gasteiger partial charge in [-0.05, 0) is 18.8 Å². The van der Waals surface area contributed by atoms with Crippen LogP contribution in [0.4, 0.5) is 0 Å². The van der Waals surface area contributed by atoms with Gasteiger partial charge in [-0.25, -0.2) is 13.1 Å². The zero-order valence-electron chi connectivity index (χ0n) is 10.1. The lowest BCUT2D eigenvalue weighted by Gasteiger charge is -2.23. The Labute approximate surface area is 104 Å². The Kier molecular flexibility index (Phi) is 5.54. The van der Waals surface area contributed by atoms with Gasteiger partial charge in [-0.3, -0.25) is 0 Å². The summed E-state index contributed by atoms with van der Waals surface area (Å²) in [7, 11) is -3.15. The Morgan fingerprint density at radius 3 is 2.31 bits per heavy atom. The molecule has 1 N–H and O–H groups in total. The average Bonchev–Trinajstić information content (AvgIpc) is 2.27. The van der Waals surface area contributed by atoms with Crippen molar-refractivity contribution in [1.82, 2.24) is 4.72 Å². The van der Waals surface area contributed by atoms with E-state index in [4.69, 9.17) is 11.6 Å². The second-order valence-corrected chi connectivity index (χ2v) is 7.52. The number of alkyl halides is 1. The fourth-order valence-electron chi connectivity index (χ4n) is 1.92. The molecule has 0 radical (unpaired) electrons. The van der Waals surface area contributed by atoms with Crippen LogP contribution in [0.1, 0.15) is 46.0 Å². The van der Waals surface area contributed by atoms with Gasteiger partial charge >= 0.3 is 0 Å². The van der Waals surface area contributed by atoms with Gasteiger partial charge in [0, 0.05) is 11.9 Å². The molecule has 1 aliphatic carbocycles. The van der Waals surface area contributed by atoms with E-state index in [2.05, 4.69) is 4.72 Å². The first-order valence-electron chi connectivity index (χ1n) is 6.06. The minimum Gasteiger partial charge on any atom is -0.214 e. The van der Waals surface area contributed by atoms with Crippen molar-refractivity contribution in [3.63, 3.8) is 0 Å². The first-order chi connectivity index (χ1) is 7.43. The van der Waals surface area contributed by atoms with Crippen molar-refractivity contribution < 1.29 is 8.42 Å². The predicted molar refractivity (Wildman–Crippen MR) is 68.3 cm³/mol. The van der Waals surface area contributed by atoms with Gasteiger partial charge in [-0.15, -0.1) is 11.6 Å². The number of hydrogen-bond donors (Lipinski definition) is 1. The van der Waals surface area contributed by atoms with Gasteiger partial charge in [0.2, 0.25) is 10.0 Å². The summed E-state index contributed by atoms with van der Waals surface area (Å²) in [4.78, 5) is 0. The molecule has 0 spiro atoms. The second kappa shape index (κ2) is 6.22. The first kappa shape index (κ1) is 14.3. The number of hydrogen-bond acceptors (Lipinski definition) is 2. The van der Waals surface area contributed by atoms with Gasteiger partial charge < -0.3 is 0 Å². The molecule has 0 amide bonds. The Bertz CT molecular complexity index is 297. The van der Waals surface area contributed by atoms with Crippen molar-refractivity contribution in [2.24, 2.45) is 5.92 Å². The highest BCUT2D eigenvalue weighted by Gasteiger charge is 2.27. The molecule has 16 heavy (non-hydrogen) atoms. The summed E-state index contributed by atoms with van der Waals surface area (Å²) in [6.07, 6.45) is 4.81. The van der Waals surface area contributed by atoms with Crippen LogP contribution in [0.25, 0.3) is 0 Å². The van der Waals surface area contributed by atoms with Crippen LogP contribution in [0.15, 0.2) is 0 Å². The summed E-state index contributed by atoms with van der Waals surface area (Å²) in [5.74, 6) is 0.288. The number of nitrogens with one attached hydrogen (secondary N) is 1. The zero-order valence-corrected chi connectivity index (χ0v) is 11.6. The minimum absolute atomic E-state index is 0.127. The molecule has 0 aromatic rings. The van der Waals surface area contributed by atoms with E-state index in [0.29, 0.717) is 6.54 Å². The molecule has 1 saturated carbocycles. The Hall–Kier alpha value is 0.200. The van der Waals surface area contributed by atoms with Crippen LogP contribution in [0.2, 0.25) is 0 Å². The van der Waals surface area contributed by atoms with E-state index in [9.17, 15) is 8.42 Å². The normalized spacial score (nSPS) is 21.2. The van der Waals surface area contributed by atoms with Crippen molar-refractivity contribution in [1.29, 1.82) is 0 Å². The Morgan fingerprint density at radius 2 is 1.81 bits per heavy atom. The van der Waals surface area contributed by atoms with Gasteiger partial charge in [0.15, 0.2) is 0 Å². The third-order valence-electron chi connectivity index (χ3n) is 3.19. The van der Waals surface area contributed by atoms with Crippen molar-refractivity contribution >= 4 is 21.6 Å². The van der Waals surface area contributed by atoms with E-state index in [1.54, 1.807) is 0 Å². The lowest BCUT2D eigenvalue weighted by molar-refractivity contribution is 0.474. The highest BCUT2D eigenvalue weighted by Crippen LogP contribution is 2.23. The van der Waals surface area contributed by atoms with Crippen LogP contribution < -0.4 is 4.72 Å². The molecule has 5 heteroatoms. The minimum atomic E-state index is -3.15. The summed E-state index contributed by atoms with van der Waals surface area (Å²) in [6.45, 7) is 4.33. The van der Waals surface area contributed by atoms with Gasteiger partial charge in [0.1, 0.15) is 0 Å².